The number of hydrogen-bond acceptors (Lipinski definition) is 5. The number of nitrogens with zero attached hydrogens (tertiary/aromatic N) is 5. The minimum Gasteiger partial charge on any atom is -0.356 e. The molecule has 130 valence electrons. The summed E-state index contributed by atoms with van der Waals surface area (Å²) in [4.78, 5) is 11.4. The Labute approximate surface area is 147 Å². The van der Waals surface area contributed by atoms with Gasteiger partial charge >= 0.3 is 0 Å². The topological polar surface area (TPSA) is 58.9 Å². The monoisotopic (exact) mass is 336 g/mol. The molecule has 1 aromatic carbocycles. The fraction of sp³-hybridized carbons (Fsp3) is 0.421. The van der Waals surface area contributed by atoms with Crippen LogP contribution in [-0.2, 0) is 0 Å². The summed E-state index contributed by atoms with van der Waals surface area (Å²) in [5, 5.41) is 9.04. The maximum Gasteiger partial charge on any atom is 0.168 e. The summed E-state index contributed by atoms with van der Waals surface area (Å²) in [7, 11) is 0. The molecule has 0 radical (unpaired) electrons. The molecular weight excluding hydrogens is 312 g/mol. The van der Waals surface area contributed by atoms with E-state index in [9.17, 15) is 0 Å². The van der Waals surface area contributed by atoms with E-state index in [1.807, 2.05) is 41.2 Å². The number of hydrogen-bond donors (Lipinski definition) is 1. The van der Waals surface area contributed by atoms with E-state index >= 15 is 0 Å². The largest absolute Gasteiger partial charge is 0.356 e. The van der Waals surface area contributed by atoms with Crippen LogP contribution >= 0.6 is 0 Å². The number of aromatic nitrogens is 4. The number of nitrogens with one attached hydrogen (secondary N) is 1. The van der Waals surface area contributed by atoms with Gasteiger partial charge in [0.15, 0.2) is 5.65 Å². The van der Waals surface area contributed by atoms with E-state index in [1.165, 1.54) is 12.8 Å². The van der Waals surface area contributed by atoms with Crippen molar-refractivity contribution in [1.29, 1.82) is 0 Å². The van der Waals surface area contributed by atoms with Crippen LogP contribution < -0.4 is 10.2 Å². The van der Waals surface area contributed by atoms with Crippen molar-refractivity contribution in [3.63, 3.8) is 0 Å². The van der Waals surface area contributed by atoms with E-state index < -0.39 is 0 Å². The molecule has 0 atom stereocenters. The van der Waals surface area contributed by atoms with Crippen LogP contribution in [0.15, 0.2) is 42.9 Å². The maximum absolute atomic E-state index is 4.57. The normalized spacial score (nSPS) is 15.8. The minimum atomic E-state index is 0.764. The predicted molar refractivity (Wildman–Crippen MR) is 100 cm³/mol. The van der Waals surface area contributed by atoms with Gasteiger partial charge in [0.25, 0.3) is 0 Å². The summed E-state index contributed by atoms with van der Waals surface area (Å²) in [6.45, 7) is 6.41. The average molecular weight is 336 g/mol. The van der Waals surface area contributed by atoms with Gasteiger partial charge in [-0.25, -0.2) is 14.6 Å². The molecule has 3 heterocycles. The fourth-order valence-electron chi connectivity index (χ4n) is 3.54. The molecular formula is C19H24N6. The third-order valence-corrected chi connectivity index (χ3v) is 4.94. The number of piperidine rings is 1. The highest BCUT2D eigenvalue weighted by Crippen LogP contribution is 2.28. The molecule has 0 unspecified atom stereocenters. The predicted octanol–water partition coefficient (Wildman–Crippen LogP) is 2.64. The Bertz CT molecular complexity index is 820. The number of benzene rings is 1. The van der Waals surface area contributed by atoms with Crippen LogP contribution in [0.1, 0.15) is 19.8 Å². The van der Waals surface area contributed by atoms with E-state index in [-0.39, 0.29) is 0 Å². The van der Waals surface area contributed by atoms with Crippen LogP contribution in [0.3, 0.4) is 0 Å². The van der Waals surface area contributed by atoms with Gasteiger partial charge in [0.1, 0.15) is 12.1 Å². The number of rotatable bonds is 5. The van der Waals surface area contributed by atoms with Gasteiger partial charge in [-0.3, -0.25) is 0 Å². The van der Waals surface area contributed by atoms with Crippen molar-refractivity contribution in [2.24, 2.45) is 5.92 Å². The summed E-state index contributed by atoms with van der Waals surface area (Å²) in [6.07, 6.45) is 5.95. The quantitative estimate of drug-likeness (QED) is 0.776. The van der Waals surface area contributed by atoms with Gasteiger partial charge in [0.05, 0.1) is 17.3 Å². The van der Waals surface area contributed by atoms with Crippen molar-refractivity contribution in [3.8, 4) is 5.69 Å². The second-order valence-electron chi connectivity index (χ2n) is 6.56. The lowest BCUT2D eigenvalue weighted by Crippen LogP contribution is -2.37. The molecule has 0 saturated carbocycles. The van der Waals surface area contributed by atoms with E-state index in [4.69, 9.17) is 0 Å². The zero-order valence-corrected chi connectivity index (χ0v) is 14.6. The smallest absolute Gasteiger partial charge is 0.168 e. The summed E-state index contributed by atoms with van der Waals surface area (Å²) < 4.78 is 1.89. The number of para-hydroxylation sites is 1. The standard InChI is InChI=1S/C19H24N6/c1-2-20-12-15-8-10-24(11-9-15)18-17-13-23-25(19(17)22-14-21-18)16-6-4-3-5-7-16/h3-7,13-15,20H,2,8-12H2,1H3. The fourth-order valence-corrected chi connectivity index (χ4v) is 3.54. The summed E-state index contributed by atoms with van der Waals surface area (Å²) in [6, 6.07) is 10.1. The summed E-state index contributed by atoms with van der Waals surface area (Å²) in [5.41, 5.74) is 1.89. The molecule has 0 aliphatic carbocycles. The van der Waals surface area contributed by atoms with Gasteiger partial charge in [-0.2, -0.15) is 5.10 Å². The van der Waals surface area contributed by atoms with Crippen LogP contribution in [0.2, 0.25) is 0 Å². The molecule has 0 spiro atoms. The molecule has 1 N–H and O–H groups in total. The Morgan fingerprint density at radius 2 is 1.92 bits per heavy atom. The van der Waals surface area contributed by atoms with Gasteiger partial charge in [0, 0.05) is 13.1 Å². The van der Waals surface area contributed by atoms with Gasteiger partial charge in [0.2, 0.25) is 0 Å². The molecule has 1 fully saturated rings. The first kappa shape index (κ1) is 16.0. The van der Waals surface area contributed by atoms with E-state index in [0.717, 1.165) is 54.6 Å². The Morgan fingerprint density at radius 3 is 2.68 bits per heavy atom. The molecule has 0 bridgehead atoms. The molecule has 25 heavy (non-hydrogen) atoms. The highest BCUT2D eigenvalue weighted by Gasteiger charge is 2.22. The van der Waals surface area contributed by atoms with E-state index in [1.54, 1.807) is 6.33 Å². The van der Waals surface area contributed by atoms with Crippen molar-refractivity contribution in [2.45, 2.75) is 19.8 Å². The van der Waals surface area contributed by atoms with Crippen LogP contribution in [0.4, 0.5) is 5.82 Å². The van der Waals surface area contributed by atoms with Crippen LogP contribution in [0.25, 0.3) is 16.7 Å². The first-order valence-electron chi connectivity index (χ1n) is 9.06. The second kappa shape index (κ2) is 7.19. The number of fused-ring (bicyclic) bond motifs is 1. The highest BCUT2D eigenvalue weighted by molar-refractivity contribution is 5.87. The number of anilines is 1. The molecule has 6 heteroatoms. The molecule has 1 aliphatic rings. The Hall–Kier alpha value is -2.47. The molecule has 1 saturated heterocycles. The SMILES string of the molecule is CCNCC1CCN(c2ncnc3c2cnn3-c2ccccc2)CC1. The van der Waals surface area contributed by atoms with Crippen LogP contribution in [0, 0.1) is 5.92 Å². The molecule has 1 aliphatic heterocycles. The van der Waals surface area contributed by atoms with Crippen LogP contribution in [0.5, 0.6) is 0 Å². The van der Waals surface area contributed by atoms with Crippen molar-refractivity contribution in [2.75, 3.05) is 31.1 Å². The Morgan fingerprint density at radius 1 is 1.12 bits per heavy atom. The van der Waals surface area contributed by atoms with E-state index in [2.05, 4.69) is 32.2 Å². The first-order valence-corrected chi connectivity index (χ1v) is 9.06. The Kier molecular flexibility index (Phi) is 4.61. The summed E-state index contributed by atoms with van der Waals surface area (Å²) >= 11 is 0. The molecule has 4 rings (SSSR count). The van der Waals surface area contributed by atoms with E-state index in [0.29, 0.717) is 0 Å². The van der Waals surface area contributed by atoms with Crippen molar-refractivity contribution < 1.29 is 0 Å². The average Bonchev–Trinajstić information content (AvgIpc) is 3.12. The lowest BCUT2D eigenvalue weighted by molar-refractivity contribution is 0.386. The van der Waals surface area contributed by atoms with Gasteiger partial charge in [-0.15, -0.1) is 0 Å². The van der Waals surface area contributed by atoms with Gasteiger partial charge in [-0.05, 0) is 44.0 Å². The highest BCUT2D eigenvalue weighted by atomic mass is 15.3. The third-order valence-electron chi connectivity index (χ3n) is 4.94. The Balaban J connectivity index is 1.59. The zero-order chi connectivity index (χ0) is 17.1. The molecule has 3 aromatic rings. The third kappa shape index (κ3) is 3.22. The lowest BCUT2D eigenvalue weighted by atomic mass is 9.96. The zero-order valence-electron chi connectivity index (χ0n) is 14.6. The lowest BCUT2D eigenvalue weighted by Gasteiger charge is -2.33. The van der Waals surface area contributed by atoms with Crippen LogP contribution in [-0.4, -0.2) is 45.9 Å². The van der Waals surface area contributed by atoms with Crippen molar-refractivity contribution in [3.05, 3.63) is 42.9 Å². The molecule has 2 aromatic heterocycles. The summed E-state index contributed by atoms with van der Waals surface area (Å²) in [5.74, 6) is 1.77. The minimum absolute atomic E-state index is 0.764. The van der Waals surface area contributed by atoms with Gasteiger partial charge < -0.3 is 10.2 Å². The van der Waals surface area contributed by atoms with Crippen molar-refractivity contribution >= 4 is 16.9 Å². The maximum atomic E-state index is 4.57. The molecule has 0 amide bonds. The second-order valence-corrected chi connectivity index (χ2v) is 6.56. The van der Waals surface area contributed by atoms with Crippen molar-refractivity contribution in [1.82, 2.24) is 25.1 Å². The molecule has 6 nitrogen and oxygen atoms in total. The first-order chi connectivity index (χ1) is 12.4. The van der Waals surface area contributed by atoms with Gasteiger partial charge in [-0.1, -0.05) is 25.1 Å².